The number of halogens is 3. The van der Waals surface area contributed by atoms with Crippen LogP contribution in [0.3, 0.4) is 0 Å². The Kier molecular flexibility index (Phi) is 4.20. The summed E-state index contributed by atoms with van der Waals surface area (Å²) in [4.78, 5) is 16.2. The summed E-state index contributed by atoms with van der Waals surface area (Å²) >= 11 is 11.7. The largest absolute Gasteiger partial charge is 0.317 e. The van der Waals surface area contributed by atoms with Crippen molar-refractivity contribution < 1.29 is 9.18 Å². The van der Waals surface area contributed by atoms with E-state index in [2.05, 4.69) is 20.5 Å². The first-order valence-electron chi connectivity index (χ1n) is 6.07. The Morgan fingerprint density at radius 2 is 1.86 bits per heavy atom. The van der Waals surface area contributed by atoms with Crippen LogP contribution in [-0.4, -0.2) is 21.1 Å². The number of hydrogen-bond donors (Lipinski definition) is 2. The van der Waals surface area contributed by atoms with Gasteiger partial charge in [-0.2, -0.15) is 0 Å². The Labute approximate surface area is 130 Å². The van der Waals surface area contributed by atoms with Gasteiger partial charge in [0.25, 0.3) is 5.91 Å². The van der Waals surface area contributed by atoms with Crippen molar-refractivity contribution in [3.8, 4) is 0 Å². The summed E-state index contributed by atoms with van der Waals surface area (Å²) in [5.74, 6) is -0.645. The standard InChI is InChI=1S/C13H13Cl2FN4O/c1-13(2,3)12-18-10(19-20-12)11(21)17-9-7(14)4-6(16)5-8(9)15/h4-5H,1-3H3,(H,17,21)(H,18,19,20). The first-order valence-corrected chi connectivity index (χ1v) is 6.83. The van der Waals surface area contributed by atoms with Crippen molar-refractivity contribution in [1.82, 2.24) is 15.2 Å². The summed E-state index contributed by atoms with van der Waals surface area (Å²) in [5.41, 5.74) is -0.150. The minimum absolute atomic E-state index is 0.0000643. The Morgan fingerprint density at radius 3 is 2.33 bits per heavy atom. The highest BCUT2D eigenvalue weighted by atomic mass is 35.5. The van der Waals surface area contributed by atoms with Gasteiger partial charge in [0.05, 0.1) is 15.7 Å². The number of anilines is 1. The zero-order chi connectivity index (χ0) is 15.8. The van der Waals surface area contributed by atoms with E-state index in [4.69, 9.17) is 23.2 Å². The van der Waals surface area contributed by atoms with Crippen LogP contribution in [0.25, 0.3) is 0 Å². The van der Waals surface area contributed by atoms with E-state index in [1.54, 1.807) is 0 Å². The maximum absolute atomic E-state index is 13.1. The van der Waals surface area contributed by atoms with Crippen molar-refractivity contribution in [2.75, 3.05) is 5.32 Å². The molecule has 2 N–H and O–H groups in total. The van der Waals surface area contributed by atoms with Crippen molar-refractivity contribution in [2.45, 2.75) is 26.2 Å². The summed E-state index contributed by atoms with van der Waals surface area (Å²) in [6, 6.07) is 2.11. The van der Waals surface area contributed by atoms with E-state index in [0.717, 1.165) is 12.1 Å². The van der Waals surface area contributed by atoms with Gasteiger partial charge >= 0.3 is 0 Å². The van der Waals surface area contributed by atoms with E-state index < -0.39 is 11.7 Å². The monoisotopic (exact) mass is 330 g/mol. The SMILES string of the molecule is CC(C)(C)c1nc(C(=O)Nc2c(Cl)cc(F)cc2Cl)n[nH]1. The number of benzene rings is 1. The van der Waals surface area contributed by atoms with Crippen LogP contribution in [0.15, 0.2) is 12.1 Å². The average molecular weight is 331 g/mol. The summed E-state index contributed by atoms with van der Waals surface area (Å²) in [7, 11) is 0. The van der Waals surface area contributed by atoms with E-state index in [-0.39, 0.29) is 27.0 Å². The van der Waals surface area contributed by atoms with Gasteiger partial charge in [-0.3, -0.25) is 9.89 Å². The Bertz CT molecular complexity index is 671. The maximum atomic E-state index is 13.1. The van der Waals surface area contributed by atoms with Crippen LogP contribution in [0.5, 0.6) is 0 Å². The summed E-state index contributed by atoms with van der Waals surface area (Å²) in [5, 5.41) is 9.02. The second kappa shape index (κ2) is 5.61. The quantitative estimate of drug-likeness (QED) is 0.879. The number of aromatic amines is 1. The summed E-state index contributed by atoms with van der Waals surface area (Å²) < 4.78 is 13.1. The predicted molar refractivity (Wildman–Crippen MR) is 79.5 cm³/mol. The van der Waals surface area contributed by atoms with Gasteiger partial charge in [0, 0.05) is 5.41 Å². The molecule has 5 nitrogen and oxygen atoms in total. The molecule has 112 valence electrons. The molecule has 1 aromatic carbocycles. The number of H-pyrrole nitrogens is 1. The highest BCUT2D eigenvalue weighted by molar-refractivity contribution is 6.40. The molecule has 0 unspecified atom stereocenters. The van der Waals surface area contributed by atoms with E-state index in [9.17, 15) is 9.18 Å². The molecule has 0 fully saturated rings. The summed E-state index contributed by atoms with van der Waals surface area (Å²) in [6.45, 7) is 5.80. The fourth-order valence-corrected chi connectivity index (χ4v) is 2.08. The van der Waals surface area contributed by atoms with Crippen molar-refractivity contribution in [2.24, 2.45) is 0 Å². The third-order valence-electron chi connectivity index (χ3n) is 2.64. The van der Waals surface area contributed by atoms with Crippen LogP contribution in [0.1, 0.15) is 37.2 Å². The molecule has 0 radical (unpaired) electrons. The van der Waals surface area contributed by atoms with Gasteiger partial charge in [-0.1, -0.05) is 44.0 Å². The van der Waals surface area contributed by atoms with Gasteiger partial charge < -0.3 is 5.32 Å². The molecular formula is C13H13Cl2FN4O. The molecule has 0 saturated heterocycles. The van der Waals surface area contributed by atoms with Crippen molar-refractivity contribution in [3.63, 3.8) is 0 Å². The van der Waals surface area contributed by atoms with Crippen LogP contribution in [0.4, 0.5) is 10.1 Å². The number of carbonyl (C=O) groups excluding carboxylic acids is 1. The lowest BCUT2D eigenvalue weighted by molar-refractivity contribution is 0.101. The Morgan fingerprint density at radius 1 is 1.29 bits per heavy atom. The van der Waals surface area contributed by atoms with E-state index in [1.165, 1.54) is 0 Å². The molecule has 2 rings (SSSR count). The van der Waals surface area contributed by atoms with E-state index in [0.29, 0.717) is 5.82 Å². The first kappa shape index (κ1) is 15.7. The normalized spacial score (nSPS) is 11.5. The molecule has 0 aliphatic carbocycles. The molecule has 0 bridgehead atoms. The molecule has 1 amide bonds. The number of carbonyl (C=O) groups is 1. The van der Waals surface area contributed by atoms with Gasteiger partial charge in [-0.15, -0.1) is 5.10 Å². The highest BCUT2D eigenvalue weighted by Crippen LogP contribution is 2.31. The molecule has 1 heterocycles. The molecule has 0 aliphatic heterocycles. The average Bonchev–Trinajstić information content (AvgIpc) is 2.82. The molecule has 0 atom stereocenters. The van der Waals surface area contributed by atoms with Crippen LogP contribution < -0.4 is 5.32 Å². The molecule has 1 aromatic heterocycles. The number of nitrogens with one attached hydrogen (secondary N) is 2. The zero-order valence-electron chi connectivity index (χ0n) is 11.6. The molecule has 0 aliphatic rings. The third kappa shape index (κ3) is 3.51. The minimum Gasteiger partial charge on any atom is -0.317 e. The lowest BCUT2D eigenvalue weighted by Gasteiger charge is -2.12. The second-order valence-corrected chi connectivity index (χ2v) is 6.27. The number of amides is 1. The topological polar surface area (TPSA) is 70.7 Å². The fourth-order valence-electron chi connectivity index (χ4n) is 1.53. The zero-order valence-corrected chi connectivity index (χ0v) is 13.1. The molecule has 8 heteroatoms. The molecule has 2 aromatic rings. The van der Waals surface area contributed by atoms with Crippen LogP contribution in [0, 0.1) is 5.82 Å². The van der Waals surface area contributed by atoms with Gasteiger partial charge in [-0.25, -0.2) is 9.37 Å². The molecular weight excluding hydrogens is 318 g/mol. The number of hydrogen-bond acceptors (Lipinski definition) is 3. The predicted octanol–water partition coefficient (Wildman–Crippen LogP) is 3.80. The van der Waals surface area contributed by atoms with Crippen LogP contribution in [-0.2, 0) is 5.41 Å². The molecule has 0 spiro atoms. The van der Waals surface area contributed by atoms with Gasteiger partial charge in [-0.05, 0) is 12.1 Å². The fraction of sp³-hybridized carbons (Fsp3) is 0.308. The highest BCUT2D eigenvalue weighted by Gasteiger charge is 2.22. The Hall–Kier alpha value is -1.66. The second-order valence-electron chi connectivity index (χ2n) is 5.46. The van der Waals surface area contributed by atoms with Crippen LogP contribution in [0.2, 0.25) is 10.0 Å². The maximum Gasteiger partial charge on any atom is 0.295 e. The minimum atomic E-state index is -0.587. The number of aromatic nitrogens is 3. The van der Waals surface area contributed by atoms with Crippen molar-refractivity contribution >= 4 is 34.8 Å². The van der Waals surface area contributed by atoms with Crippen molar-refractivity contribution in [3.05, 3.63) is 39.6 Å². The summed E-state index contributed by atoms with van der Waals surface area (Å²) in [6.07, 6.45) is 0. The van der Waals surface area contributed by atoms with Gasteiger partial charge in [0.1, 0.15) is 11.6 Å². The third-order valence-corrected chi connectivity index (χ3v) is 3.24. The molecule has 21 heavy (non-hydrogen) atoms. The van der Waals surface area contributed by atoms with Gasteiger partial charge in [0.15, 0.2) is 0 Å². The number of rotatable bonds is 2. The number of nitrogens with zero attached hydrogens (tertiary/aromatic N) is 2. The lowest BCUT2D eigenvalue weighted by atomic mass is 9.96. The molecule has 0 saturated carbocycles. The Balaban J connectivity index is 2.25. The van der Waals surface area contributed by atoms with E-state index >= 15 is 0 Å². The smallest absolute Gasteiger partial charge is 0.295 e. The van der Waals surface area contributed by atoms with Gasteiger partial charge in [0.2, 0.25) is 5.82 Å². The van der Waals surface area contributed by atoms with Crippen molar-refractivity contribution in [1.29, 1.82) is 0 Å². The van der Waals surface area contributed by atoms with Crippen LogP contribution >= 0.6 is 23.2 Å². The lowest BCUT2D eigenvalue weighted by Crippen LogP contribution is -2.16. The van der Waals surface area contributed by atoms with E-state index in [1.807, 2.05) is 20.8 Å². The first-order chi connectivity index (χ1) is 9.68.